The Morgan fingerprint density at radius 3 is 2.37 bits per heavy atom. The SMILES string of the molecule is O=C(N[C@@H]1CCCCCC=C[C@@H]2C[C@@]2(C(=O)NS(=O)(=O)C2CC2)NC(=O)[C@@H]2C[C@@H](OC(=O)N3Cc4ccccc4C3)CN2C1=O)OC1CCOCC1. The highest BCUT2D eigenvalue weighted by Crippen LogP contribution is 2.46. The topological polar surface area (TPSA) is 190 Å². The third-order valence-corrected chi connectivity index (χ3v) is 12.8. The second-order valence-corrected chi connectivity index (χ2v) is 16.8. The average Bonchev–Trinajstić information content (AvgIpc) is 4.01. The fourth-order valence-corrected chi connectivity index (χ4v) is 9.01. The van der Waals surface area contributed by atoms with Crippen molar-refractivity contribution in [2.75, 3.05) is 19.8 Å². The molecule has 5 amide bonds. The van der Waals surface area contributed by atoms with Crippen molar-refractivity contribution in [3.8, 4) is 0 Å². The van der Waals surface area contributed by atoms with E-state index in [1.165, 1.54) is 4.90 Å². The van der Waals surface area contributed by atoms with Gasteiger partial charge in [-0.15, -0.1) is 0 Å². The van der Waals surface area contributed by atoms with Crippen LogP contribution in [0.2, 0.25) is 0 Å². The predicted molar refractivity (Wildman–Crippen MR) is 185 cm³/mol. The van der Waals surface area contributed by atoms with E-state index in [1.54, 1.807) is 4.90 Å². The van der Waals surface area contributed by atoms with Crippen LogP contribution in [0.1, 0.15) is 81.8 Å². The first kappa shape index (κ1) is 36.2. The number of hydrogen-bond donors (Lipinski definition) is 3. The lowest BCUT2D eigenvalue weighted by molar-refractivity contribution is -0.141. The van der Waals surface area contributed by atoms with Crippen molar-refractivity contribution in [3.63, 3.8) is 0 Å². The van der Waals surface area contributed by atoms with E-state index in [2.05, 4.69) is 15.4 Å². The van der Waals surface area contributed by atoms with Crippen LogP contribution in [0, 0.1) is 5.92 Å². The highest BCUT2D eigenvalue weighted by Gasteiger charge is 2.62. The maximum Gasteiger partial charge on any atom is 0.410 e. The van der Waals surface area contributed by atoms with Crippen LogP contribution in [0.15, 0.2) is 36.4 Å². The van der Waals surface area contributed by atoms with Gasteiger partial charge in [-0.1, -0.05) is 49.3 Å². The van der Waals surface area contributed by atoms with Crippen LogP contribution < -0.4 is 15.4 Å². The molecule has 0 unspecified atom stereocenters. The Morgan fingerprint density at radius 1 is 0.923 bits per heavy atom. The van der Waals surface area contributed by atoms with Crippen LogP contribution in [0.4, 0.5) is 9.59 Å². The average molecular weight is 742 g/mol. The number of hydrogen-bond acceptors (Lipinski definition) is 10. The number of carbonyl (C=O) groups excluding carboxylic acids is 5. The summed E-state index contributed by atoms with van der Waals surface area (Å²) in [6, 6.07) is 5.50. The van der Waals surface area contributed by atoms with Crippen molar-refractivity contribution < 1.29 is 46.6 Å². The number of nitrogens with one attached hydrogen (secondary N) is 3. The third-order valence-electron chi connectivity index (χ3n) is 10.9. The van der Waals surface area contributed by atoms with Gasteiger partial charge in [0.1, 0.15) is 29.8 Å². The van der Waals surface area contributed by atoms with Crippen LogP contribution in [0.25, 0.3) is 0 Å². The van der Waals surface area contributed by atoms with E-state index in [1.807, 2.05) is 36.4 Å². The lowest BCUT2D eigenvalue weighted by atomic mass is 10.0. The minimum absolute atomic E-state index is 0.0537. The van der Waals surface area contributed by atoms with Gasteiger partial charge >= 0.3 is 12.2 Å². The number of ether oxygens (including phenoxy) is 3. The van der Waals surface area contributed by atoms with Gasteiger partial charge in [0.15, 0.2) is 0 Å². The molecule has 1 aromatic carbocycles. The second kappa shape index (κ2) is 15.0. The van der Waals surface area contributed by atoms with E-state index in [4.69, 9.17) is 14.2 Å². The molecule has 0 spiro atoms. The molecule has 16 heteroatoms. The lowest BCUT2D eigenvalue weighted by Crippen LogP contribution is -2.58. The summed E-state index contributed by atoms with van der Waals surface area (Å²) in [5.74, 6) is -2.46. The normalized spacial score (nSPS) is 29.8. The van der Waals surface area contributed by atoms with Gasteiger partial charge in [-0.2, -0.15) is 0 Å². The molecule has 3 N–H and O–H groups in total. The minimum Gasteiger partial charge on any atom is -0.446 e. The van der Waals surface area contributed by atoms with E-state index in [0.717, 1.165) is 24.0 Å². The van der Waals surface area contributed by atoms with Gasteiger partial charge in [0.2, 0.25) is 21.8 Å². The molecule has 0 aromatic heterocycles. The third kappa shape index (κ3) is 8.07. The molecule has 15 nitrogen and oxygen atoms in total. The van der Waals surface area contributed by atoms with Crippen molar-refractivity contribution in [3.05, 3.63) is 47.5 Å². The lowest BCUT2D eigenvalue weighted by Gasteiger charge is -2.30. The van der Waals surface area contributed by atoms with E-state index < -0.39 is 74.8 Å². The number of allylic oxidation sites excluding steroid dienone is 1. The van der Waals surface area contributed by atoms with E-state index in [-0.39, 0.29) is 25.5 Å². The standard InChI is InChI=1S/C36H47N5O10S/c42-31-30-18-27(51-35(46)40-20-23-8-6-7-9-24(23)21-40)22-41(30)32(43)29(37-34(45)50-26-14-16-49-17-15-26)11-5-3-1-2-4-10-25-19-36(25,38-31)33(44)39-52(47,48)28-12-13-28/h4,6-10,25-30H,1-3,5,11-22H2,(H,37,45)(H,38,42)(H,39,44)/t25-,27-,29-,30+,36-/m1/s1. The molecule has 0 radical (unpaired) electrons. The molecule has 282 valence electrons. The van der Waals surface area contributed by atoms with Crippen LogP contribution >= 0.6 is 0 Å². The maximum absolute atomic E-state index is 14.4. The van der Waals surface area contributed by atoms with Crippen LogP contribution in [0.3, 0.4) is 0 Å². The summed E-state index contributed by atoms with van der Waals surface area (Å²) in [5, 5.41) is 4.94. The number of sulfonamides is 1. The largest absolute Gasteiger partial charge is 0.446 e. The maximum atomic E-state index is 14.4. The van der Waals surface area contributed by atoms with Crippen LogP contribution in [0.5, 0.6) is 0 Å². The first-order chi connectivity index (χ1) is 25.0. The van der Waals surface area contributed by atoms with Crippen molar-refractivity contribution in [2.24, 2.45) is 5.92 Å². The Balaban J connectivity index is 1.12. The summed E-state index contributed by atoms with van der Waals surface area (Å²) >= 11 is 0. The van der Waals surface area contributed by atoms with Crippen molar-refractivity contribution in [1.29, 1.82) is 0 Å². The van der Waals surface area contributed by atoms with Crippen molar-refractivity contribution in [2.45, 2.75) is 119 Å². The number of benzene rings is 1. The monoisotopic (exact) mass is 741 g/mol. The van der Waals surface area contributed by atoms with Gasteiger partial charge in [0.05, 0.1) is 25.0 Å². The number of nitrogens with zero attached hydrogens (tertiary/aromatic N) is 2. The van der Waals surface area contributed by atoms with E-state index in [0.29, 0.717) is 71.2 Å². The summed E-state index contributed by atoms with van der Waals surface area (Å²) in [7, 11) is -3.90. The van der Waals surface area contributed by atoms with Crippen LogP contribution in [-0.4, -0.2) is 103 Å². The zero-order valence-corrected chi connectivity index (χ0v) is 29.9. The van der Waals surface area contributed by atoms with Crippen molar-refractivity contribution >= 4 is 39.9 Å². The molecule has 52 heavy (non-hydrogen) atoms. The molecule has 6 aliphatic rings. The quantitative estimate of drug-likeness (QED) is 0.365. The molecule has 2 saturated heterocycles. The summed E-state index contributed by atoms with van der Waals surface area (Å²) in [6.07, 6.45) is 6.51. The zero-order valence-electron chi connectivity index (χ0n) is 29.1. The number of amides is 5. The summed E-state index contributed by atoms with van der Waals surface area (Å²) < 4.78 is 44.6. The van der Waals surface area contributed by atoms with Crippen molar-refractivity contribution in [1.82, 2.24) is 25.2 Å². The molecule has 4 heterocycles. The molecule has 0 bridgehead atoms. The molecule has 7 rings (SSSR count). The Bertz CT molecular complexity index is 1680. The minimum atomic E-state index is -3.90. The van der Waals surface area contributed by atoms with Gasteiger partial charge in [-0.3, -0.25) is 24.0 Å². The summed E-state index contributed by atoms with van der Waals surface area (Å²) in [6.45, 7) is 1.55. The predicted octanol–water partition coefficient (Wildman–Crippen LogP) is 2.39. The second-order valence-electron chi connectivity index (χ2n) is 14.8. The number of fused-ring (bicyclic) bond motifs is 3. The van der Waals surface area contributed by atoms with Gasteiger partial charge in [0, 0.05) is 38.3 Å². The highest BCUT2D eigenvalue weighted by molar-refractivity contribution is 7.91. The number of alkyl carbamates (subject to hydrolysis) is 1. The molecule has 1 aromatic rings. The first-order valence-corrected chi connectivity index (χ1v) is 20.0. The van der Waals surface area contributed by atoms with Gasteiger partial charge in [-0.25, -0.2) is 18.0 Å². The van der Waals surface area contributed by atoms with E-state index in [9.17, 15) is 32.4 Å². The fraction of sp³-hybridized carbons (Fsp3) is 0.639. The van der Waals surface area contributed by atoms with E-state index >= 15 is 0 Å². The molecule has 4 fully saturated rings. The first-order valence-electron chi connectivity index (χ1n) is 18.4. The molecule has 2 aliphatic carbocycles. The summed E-state index contributed by atoms with van der Waals surface area (Å²) in [4.78, 5) is 71.6. The number of carbonyl (C=O) groups is 5. The Hall–Kier alpha value is -4.18. The zero-order chi connectivity index (χ0) is 36.5. The number of rotatable bonds is 6. The van der Waals surface area contributed by atoms with Gasteiger partial charge in [-0.05, 0) is 49.7 Å². The fourth-order valence-electron chi connectivity index (χ4n) is 7.65. The highest BCUT2D eigenvalue weighted by atomic mass is 32.2. The van der Waals surface area contributed by atoms with Gasteiger partial charge < -0.3 is 29.7 Å². The smallest absolute Gasteiger partial charge is 0.410 e. The molecule has 5 atom stereocenters. The summed E-state index contributed by atoms with van der Waals surface area (Å²) in [5.41, 5.74) is 0.496. The molecule has 4 aliphatic heterocycles. The molecule has 2 saturated carbocycles. The molecular formula is C36H47N5O10S. The molecular weight excluding hydrogens is 694 g/mol. The Kier molecular flexibility index (Phi) is 10.5. The Labute approximate surface area is 303 Å². The Morgan fingerprint density at radius 2 is 1.65 bits per heavy atom. The van der Waals surface area contributed by atoms with Crippen LogP contribution in [-0.2, 0) is 51.7 Å². The van der Waals surface area contributed by atoms with Gasteiger partial charge in [0.25, 0.3) is 5.91 Å².